The van der Waals surface area contributed by atoms with E-state index in [0.29, 0.717) is 11.3 Å². The van der Waals surface area contributed by atoms with Crippen LogP contribution in [0, 0.1) is 5.21 Å². The average molecular weight is 284 g/mol. The summed E-state index contributed by atoms with van der Waals surface area (Å²) in [5, 5.41) is 20.2. The predicted octanol–water partition coefficient (Wildman–Crippen LogP) is 2.87. The van der Waals surface area contributed by atoms with Crippen LogP contribution in [0.3, 0.4) is 0 Å². The minimum Gasteiger partial charge on any atom is -0.595 e. The molecule has 100 valence electrons. The van der Waals surface area contributed by atoms with Gasteiger partial charge in [-0.05, 0) is 30.4 Å². The Morgan fingerprint density at radius 2 is 1.80 bits per heavy atom. The maximum absolute atomic E-state index is 11.1. The maximum atomic E-state index is 11.1. The van der Waals surface area contributed by atoms with Crippen LogP contribution >= 0.6 is 11.3 Å². The molecule has 1 heterocycles. The van der Waals surface area contributed by atoms with Crippen LogP contribution in [-0.4, -0.2) is 10.2 Å². The lowest BCUT2D eigenvalue weighted by Crippen LogP contribution is -2.99. The van der Waals surface area contributed by atoms with E-state index in [0.717, 1.165) is 15.2 Å². The first-order chi connectivity index (χ1) is 9.74. The van der Waals surface area contributed by atoms with Crippen molar-refractivity contribution < 1.29 is 10.4 Å². The molecule has 3 aromatic rings. The molecule has 20 heavy (non-hydrogen) atoms. The Hall–Kier alpha value is -2.05. The van der Waals surface area contributed by atoms with E-state index in [4.69, 9.17) is 5.21 Å². The van der Waals surface area contributed by atoms with Crippen LogP contribution in [0.25, 0.3) is 22.4 Å². The lowest BCUT2D eigenvalue weighted by Gasteiger charge is -2.13. The van der Waals surface area contributed by atoms with Gasteiger partial charge in [-0.25, -0.2) is 10.2 Å². The van der Waals surface area contributed by atoms with Crippen molar-refractivity contribution in [2.24, 2.45) is 0 Å². The number of quaternary nitrogens is 1. The molecule has 4 nitrogen and oxygen atoms in total. The molecule has 2 aromatic carbocycles. The first-order valence-electron chi connectivity index (χ1n) is 6.10. The van der Waals surface area contributed by atoms with Gasteiger partial charge in [0.25, 0.3) is 0 Å². The number of fused-ring (bicyclic) bond motifs is 1. The van der Waals surface area contributed by atoms with Gasteiger partial charge in [-0.2, -0.15) is 5.23 Å². The van der Waals surface area contributed by atoms with Crippen molar-refractivity contribution in [3.05, 3.63) is 64.3 Å². The third-order valence-electron chi connectivity index (χ3n) is 2.91. The smallest absolute Gasteiger partial charge is 0.171 e. The van der Waals surface area contributed by atoms with E-state index in [1.54, 1.807) is 35.6 Å². The van der Waals surface area contributed by atoms with E-state index in [1.807, 2.05) is 36.4 Å². The highest BCUT2D eigenvalue weighted by molar-refractivity contribution is 7.19. The second-order valence-corrected chi connectivity index (χ2v) is 5.31. The molecule has 0 aliphatic heterocycles. The monoisotopic (exact) mass is 284 g/mol. The van der Waals surface area contributed by atoms with E-state index in [1.165, 1.54) is 0 Å². The van der Waals surface area contributed by atoms with E-state index in [-0.39, 0.29) is 0 Å². The number of hydrogen-bond donors (Lipinski definition) is 2. The summed E-state index contributed by atoms with van der Waals surface area (Å²) in [4.78, 5) is 4.49. The van der Waals surface area contributed by atoms with E-state index in [9.17, 15) is 5.21 Å². The van der Waals surface area contributed by atoms with Crippen molar-refractivity contribution in [3.63, 3.8) is 0 Å². The van der Waals surface area contributed by atoms with Crippen molar-refractivity contribution in [2.45, 2.75) is 0 Å². The Labute approximate surface area is 119 Å². The molecule has 0 fully saturated rings. The molecule has 0 radical (unpaired) electrons. The zero-order chi connectivity index (χ0) is 13.9. The third-order valence-corrected chi connectivity index (χ3v) is 3.91. The van der Waals surface area contributed by atoms with Crippen LogP contribution in [0.15, 0.2) is 48.5 Å². The van der Waals surface area contributed by atoms with Gasteiger partial charge in [0.2, 0.25) is 0 Å². The van der Waals surface area contributed by atoms with E-state index < -0.39 is 5.23 Å². The zero-order valence-corrected chi connectivity index (χ0v) is 11.3. The lowest BCUT2D eigenvalue weighted by atomic mass is 10.1. The van der Waals surface area contributed by atoms with Gasteiger partial charge in [-0.3, -0.25) is 0 Å². The molecule has 1 unspecified atom stereocenters. The summed E-state index contributed by atoms with van der Waals surface area (Å²) in [5.41, 5.74) is 1.94. The Balaban J connectivity index is 1.94. The SMILES string of the molecule is [O-][NH+](O)c1ccccc1C=Cc1nc2ccccc2s1. The number of benzene rings is 2. The molecule has 0 aliphatic rings. The first-order valence-corrected chi connectivity index (χ1v) is 6.92. The van der Waals surface area contributed by atoms with Gasteiger partial charge in [0.05, 0.1) is 10.2 Å². The molecule has 0 bridgehead atoms. The summed E-state index contributed by atoms with van der Waals surface area (Å²) in [5.74, 6) is 0. The van der Waals surface area contributed by atoms with E-state index in [2.05, 4.69) is 4.98 Å². The molecule has 1 atom stereocenters. The van der Waals surface area contributed by atoms with Crippen LogP contribution in [-0.2, 0) is 0 Å². The summed E-state index contributed by atoms with van der Waals surface area (Å²) in [6, 6.07) is 14.9. The van der Waals surface area contributed by atoms with Gasteiger partial charge >= 0.3 is 0 Å². The Bertz CT molecular complexity index is 732. The predicted molar refractivity (Wildman–Crippen MR) is 80.8 cm³/mol. The molecule has 0 saturated heterocycles. The van der Waals surface area contributed by atoms with Crippen molar-refractivity contribution >= 4 is 39.4 Å². The molecule has 5 heteroatoms. The zero-order valence-electron chi connectivity index (χ0n) is 10.5. The summed E-state index contributed by atoms with van der Waals surface area (Å²) >= 11 is 1.59. The quantitative estimate of drug-likeness (QED) is 0.727. The van der Waals surface area contributed by atoms with Gasteiger partial charge in [0.1, 0.15) is 5.01 Å². The number of nitrogens with zero attached hydrogens (tertiary/aromatic N) is 1. The van der Waals surface area contributed by atoms with Crippen molar-refractivity contribution in [2.75, 3.05) is 0 Å². The van der Waals surface area contributed by atoms with E-state index >= 15 is 0 Å². The minimum atomic E-state index is -0.922. The number of thiazole rings is 1. The maximum Gasteiger partial charge on any atom is 0.171 e. The molecule has 2 N–H and O–H groups in total. The fourth-order valence-corrected chi connectivity index (χ4v) is 2.83. The molecule has 0 amide bonds. The Morgan fingerprint density at radius 1 is 1.05 bits per heavy atom. The summed E-state index contributed by atoms with van der Waals surface area (Å²) < 4.78 is 1.12. The Morgan fingerprint density at radius 3 is 2.60 bits per heavy atom. The fourth-order valence-electron chi connectivity index (χ4n) is 1.96. The Kier molecular flexibility index (Phi) is 3.58. The van der Waals surface area contributed by atoms with Crippen LogP contribution in [0.4, 0.5) is 5.69 Å². The molecule has 0 aliphatic carbocycles. The molecule has 1 aromatic heterocycles. The topological polar surface area (TPSA) is 60.6 Å². The van der Waals surface area contributed by atoms with Gasteiger partial charge in [-0.1, -0.05) is 24.3 Å². The van der Waals surface area contributed by atoms with Crippen LogP contribution in [0.5, 0.6) is 0 Å². The summed E-state index contributed by atoms with van der Waals surface area (Å²) in [7, 11) is 0. The normalized spacial score (nSPS) is 13.1. The molecule has 0 saturated carbocycles. The van der Waals surface area contributed by atoms with Gasteiger partial charge in [0.15, 0.2) is 5.69 Å². The highest BCUT2D eigenvalue weighted by Gasteiger charge is 2.05. The number of rotatable bonds is 3. The van der Waals surface area contributed by atoms with Crippen molar-refractivity contribution in [3.8, 4) is 0 Å². The highest BCUT2D eigenvalue weighted by Crippen LogP contribution is 2.23. The second-order valence-electron chi connectivity index (χ2n) is 4.25. The molecule has 0 spiro atoms. The average Bonchev–Trinajstić information content (AvgIpc) is 2.88. The fraction of sp³-hybridized carbons (Fsp3) is 0. The minimum absolute atomic E-state index is 0.296. The van der Waals surface area contributed by atoms with Crippen molar-refractivity contribution in [1.29, 1.82) is 0 Å². The summed E-state index contributed by atoms with van der Waals surface area (Å²) in [6.45, 7) is 0. The van der Waals surface area contributed by atoms with Gasteiger partial charge < -0.3 is 5.21 Å². The third kappa shape index (κ3) is 2.61. The number of aromatic nitrogens is 1. The van der Waals surface area contributed by atoms with Crippen LogP contribution in [0.2, 0.25) is 0 Å². The van der Waals surface area contributed by atoms with Crippen LogP contribution in [0.1, 0.15) is 10.6 Å². The largest absolute Gasteiger partial charge is 0.595 e. The van der Waals surface area contributed by atoms with Gasteiger partial charge in [-0.15, -0.1) is 11.3 Å². The van der Waals surface area contributed by atoms with Gasteiger partial charge in [0, 0.05) is 11.6 Å². The molecular formula is C15H12N2O2S. The standard InChI is InChI=1S/C15H12N2O2S/c18-17(19)13-7-3-1-5-11(13)9-10-15-16-12-6-2-4-8-14(12)20-15/h1-10,17-18H. The number of nitrogens with one attached hydrogen (secondary N) is 1. The van der Waals surface area contributed by atoms with Crippen molar-refractivity contribution in [1.82, 2.24) is 4.98 Å². The number of para-hydroxylation sites is 2. The molecular weight excluding hydrogens is 272 g/mol. The number of hydrogen-bond acceptors (Lipinski definition) is 4. The highest BCUT2D eigenvalue weighted by atomic mass is 32.1. The second kappa shape index (κ2) is 5.52. The summed E-state index contributed by atoms with van der Waals surface area (Å²) in [6.07, 6.45) is 3.65. The van der Waals surface area contributed by atoms with Crippen LogP contribution < -0.4 is 5.23 Å². The first kappa shape index (κ1) is 13.0. The lowest BCUT2D eigenvalue weighted by molar-refractivity contribution is -0.991. The molecule has 3 rings (SSSR count).